The number of aromatic nitrogens is 1. The Hall–Kier alpha value is -2.89. The van der Waals surface area contributed by atoms with Crippen LogP contribution in [0.1, 0.15) is 54.2 Å². The Morgan fingerprint density at radius 1 is 1.03 bits per heavy atom. The van der Waals surface area contributed by atoms with Gasteiger partial charge in [0.1, 0.15) is 6.04 Å². The first-order valence-corrected chi connectivity index (χ1v) is 11.3. The first-order chi connectivity index (χ1) is 14.9. The number of likely N-dealkylation sites (tertiary alicyclic amines) is 1. The molecule has 0 spiro atoms. The zero-order valence-corrected chi connectivity index (χ0v) is 18.2. The molecule has 1 fully saturated rings. The average Bonchev–Trinajstić information content (AvgIpc) is 3.08. The lowest BCUT2D eigenvalue weighted by Crippen LogP contribution is -2.55. The molecule has 6 nitrogen and oxygen atoms in total. The van der Waals surface area contributed by atoms with Crippen LogP contribution in [-0.4, -0.2) is 45.3 Å². The molecule has 0 aliphatic carbocycles. The molecule has 1 aromatic heterocycles. The monoisotopic (exact) mass is 419 g/mol. The molecule has 0 N–H and O–H groups in total. The third-order valence-corrected chi connectivity index (χ3v) is 7.00. The van der Waals surface area contributed by atoms with Crippen LogP contribution in [0.5, 0.6) is 0 Å². The Bertz CT molecular complexity index is 1090. The van der Waals surface area contributed by atoms with E-state index in [0.29, 0.717) is 44.1 Å². The van der Waals surface area contributed by atoms with Gasteiger partial charge in [0.2, 0.25) is 5.91 Å². The number of pyridine rings is 1. The lowest BCUT2D eigenvalue weighted by atomic mass is 9.82. The zero-order valence-electron chi connectivity index (χ0n) is 18.2. The summed E-state index contributed by atoms with van der Waals surface area (Å²) in [6.45, 7) is 6.63. The van der Waals surface area contributed by atoms with Crippen LogP contribution in [0.25, 0.3) is 0 Å². The molecule has 4 heterocycles. The summed E-state index contributed by atoms with van der Waals surface area (Å²) in [5.74, 6) is 0.770. The number of carbonyl (C=O) groups is 2. The summed E-state index contributed by atoms with van der Waals surface area (Å²) in [6.07, 6.45) is 1.66. The molecule has 2 amide bonds. The minimum absolute atomic E-state index is 0.0382. The van der Waals surface area contributed by atoms with E-state index in [2.05, 4.69) is 13.8 Å². The molecule has 2 aromatic rings. The molecule has 31 heavy (non-hydrogen) atoms. The van der Waals surface area contributed by atoms with Crippen molar-refractivity contribution in [1.29, 1.82) is 0 Å². The van der Waals surface area contributed by atoms with Crippen molar-refractivity contribution in [3.63, 3.8) is 0 Å². The Morgan fingerprint density at radius 3 is 2.61 bits per heavy atom. The summed E-state index contributed by atoms with van der Waals surface area (Å²) >= 11 is 0. The molecule has 162 valence electrons. The van der Waals surface area contributed by atoms with E-state index < -0.39 is 6.04 Å². The molecule has 1 saturated heterocycles. The van der Waals surface area contributed by atoms with Crippen molar-refractivity contribution >= 4 is 11.8 Å². The molecule has 0 unspecified atom stereocenters. The second-order valence-electron chi connectivity index (χ2n) is 9.68. The maximum atomic E-state index is 13.8. The van der Waals surface area contributed by atoms with Gasteiger partial charge in [0.15, 0.2) is 0 Å². The van der Waals surface area contributed by atoms with Gasteiger partial charge >= 0.3 is 0 Å². The van der Waals surface area contributed by atoms with Crippen LogP contribution in [0.3, 0.4) is 0 Å². The summed E-state index contributed by atoms with van der Waals surface area (Å²) in [5, 5.41) is 0. The van der Waals surface area contributed by atoms with Gasteiger partial charge < -0.3 is 14.4 Å². The van der Waals surface area contributed by atoms with Gasteiger partial charge in [-0.1, -0.05) is 38.1 Å². The van der Waals surface area contributed by atoms with E-state index in [9.17, 15) is 14.4 Å². The Balaban J connectivity index is 1.41. The summed E-state index contributed by atoms with van der Waals surface area (Å²) in [7, 11) is 0. The van der Waals surface area contributed by atoms with Crippen LogP contribution in [0.4, 0.5) is 0 Å². The van der Waals surface area contributed by atoms with Gasteiger partial charge in [0.25, 0.3) is 11.5 Å². The van der Waals surface area contributed by atoms with Crippen molar-refractivity contribution in [2.45, 2.75) is 51.7 Å². The quantitative estimate of drug-likeness (QED) is 0.766. The smallest absolute Gasteiger partial charge is 0.255 e. The highest BCUT2D eigenvalue weighted by atomic mass is 16.2. The molecule has 1 aromatic carbocycles. The Labute approximate surface area is 182 Å². The minimum atomic E-state index is -0.448. The molecule has 3 atom stereocenters. The van der Waals surface area contributed by atoms with Crippen molar-refractivity contribution in [3.8, 4) is 0 Å². The van der Waals surface area contributed by atoms with Crippen LogP contribution in [-0.2, 0) is 17.9 Å². The zero-order chi connectivity index (χ0) is 21.7. The lowest BCUT2D eigenvalue weighted by Gasteiger charge is -2.44. The van der Waals surface area contributed by atoms with Crippen molar-refractivity contribution in [2.24, 2.45) is 11.8 Å². The number of fused-ring (bicyclic) bond motifs is 5. The fourth-order valence-corrected chi connectivity index (χ4v) is 5.62. The second kappa shape index (κ2) is 7.66. The van der Waals surface area contributed by atoms with E-state index in [-0.39, 0.29) is 29.2 Å². The molecule has 3 aliphatic rings. The highest BCUT2D eigenvalue weighted by Crippen LogP contribution is 2.36. The van der Waals surface area contributed by atoms with Gasteiger partial charge in [-0.2, -0.15) is 0 Å². The van der Waals surface area contributed by atoms with Gasteiger partial charge in [0.05, 0.1) is 0 Å². The van der Waals surface area contributed by atoms with Crippen LogP contribution in [0, 0.1) is 11.8 Å². The summed E-state index contributed by atoms with van der Waals surface area (Å²) in [6, 6.07) is 12.7. The number of benzene rings is 1. The fourth-order valence-electron chi connectivity index (χ4n) is 5.62. The third-order valence-electron chi connectivity index (χ3n) is 7.00. The van der Waals surface area contributed by atoms with E-state index >= 15 is 0 Å². The molecule has 0 radical (unpaired) electrons. The van der Waals surface area contributed by atoms with E-state index in [4.69, 9.17) is 0 Å². The largest absolute Gasteiger partial charge is 0.340 e. The number of hydrogen-bond donors (Lipinski definition) is 0. The standard InChI is InChI=1S/C25H29N3O3/c1-16(2)10-22(28-15-18-6-3-4-7-20(18)24(28)30)25(31)26-12-17-11-19(14-26)21-8-5-9-23(29)27(21)13-17/h3-9,16-17,19,22H,10-15H2,1-2H3/t17-,19+,22+/m1/s1. The van der Waals surface area contributed by atoms with Gasteiger partial charge in [-0.05, 0) is 42.4 Å². The Kier molecular flexibility index (Phi) is 4.95. The molecule has 0 saturated carbocycles. The van der Waals surface area contributed by atoms with E-state index in [0.717, 1.165) is 17.7 Å². The minimum Gasteiger partial charge on any atom is -0.340 e. The molecular weight excluding hydrogens is 390 g/mol. The number of hydrogen-bond acceptors (Lipinski definition) is 3. The lowest BCUT2D eigenvalue weighted by molar-refractivity contribution is -0.139. The average molecular weight is 420 g/mol. The third kappa shape index (κ3) is 3.48. The second-order valence-corrected chi connectivity index (χ2v) is 9.68. The van der Waals surface area contributed by atoms with Gasteiger partial charge in [0, 0.05) is 49.4 Å². The number of piperidine rings is 1. The molecule has 6 heteroatoms. The summed E-state index contributed by atoms with van der Waals surface area (Å²) < 4.78 is 1.88. The van der Waals surface area contributed by atoms with Crippen molar-refractivity contribution in [3.05, 3.63) is 69.6 Å². The maximum Gasteiger partial charge on any atom is 0.255 e. The highest BCUT2D eigenvalue weighted by molar-refractivity contribution is 6.01. The van der Waals surface area contributed by atoms with E-state index in [1.165, 1.54) is 0 Å². The maximum absolute atomic E-state index is 13.8. The first kappa shape index (κ1) is 20.0. The van der Waals surface area contributed by atoms with Gasteiger partial charge in [-0.3, -0.25) is 14.4 Å². The van der Waals surface area contributed by atoms with E-state index in [1.807, 2.05) is 45.9 Å². The fraction of sp³-hybridized carbons (Fsp3) is 0.480. The topological polar surface area (TPSA) is 62.6 Å². The predicted octanol–water partition coefficient (Wildman–Crippen LogP) is 2.86. The summed E-state index contributed by atoms with van der Waals surface area (Å²) in [5.41, 5.74) is 2.79. The van der Waals surface area contributed by atoms with Crippen LogP contribution >= 0.6 is 0 Å². The summed E-state index contributed by atoms with van der Waals surface area (Å²) in [4.78, 5) is 42.9. The highest BCUT2D eigenvalue weighted by Gasteiger charge is 2.42. The predicted molar refractivity (Wildman–Crippen MR) is 118 cm³/mol. The van der Waals surface area contributed by atoms with Crippen LogP contribution in [0.15, 0.2) is 47.3 Å². The van der Waals surface area contributed by atoms with Crippen molar-refractivity contribution in [1.82, 2.24) is 14.4 Å². The van der Waals surface area contributed by atoms with Gasteiger partial charge in [-0.15, -0.1) is 0 Å². The van der Waals surface area contributed by atoms with Crippen LogP contribution < -0.4 is 5.56 Å². The number of nitrogens with zero attached hydrogens (tertiary/aromatic N) is 3. The van der Waals surface area contributed by atoms with E-state index in [1.54, 1.807) is 11.0 Å². The van der Waals surface area contributed by atoms with Gasteiger partial charge in [-0.25, -0.2) is 0 Å². The molecule has 5 rings (SSSR count). The van der Waals surface area contributed by atoms with Crippen molar-refractivity contribution < 1.29 is 9.59 Å². The SMILES string of the molecule is CC(C)C[C@@H](C(=O)N1C[C@H]2C[C@@H](C1)c1cccc(=O)n1C2)N1Cc2ccccc2C1=O. The van der Waals surface area contributed by atoms with Crippen molar-refractivity contribution in [2.75, 3.05) is 13.1 Å². The van der Waals surface area contributed by atoms with Crippen LogP contribution in [0.2, 0.25) is 0 Å². The molecular formula is C25H29N3O3. The normalized spacial score (nSPS) is 23.0. The number of amides is 2. The molecule has 2 bridgehead atoms. The Morgan fingerprint density at radius 2 is 1.84 bits per heavy atom. The molecule has 3 aliphatic heterocycles. The number of rotatable bonds is 4. The number of carbonyl (C=O) groups excluding carboxylic acids is 2. The first-order valence-electron chi connectivity index (χ1n) is 11.3.